The Balaban J connectivity index is 4.96. The predicted octanol–water partition coefficient (Wildman–Crippen LogP) is -4.12. The molecule has 5 amide bonds. The summed E-state index contributed by atoms with van der Waals surface area (Å²) in [5.41, 5.74) is 15.5. The molecule has 0 fully saturated rings. The van der Waals surface area contributed by atoms with E-state index >= 15 is 0 Å². The van der Waals surface area contributed by atoms with Gasteiger partial charge in [-0.2, -0.15) is 0 Å². The lowest BCUT2D eigenvalue weighted by Gasteiger charge is -2.21. The van der Waals surface area contributed by atoms with Crippen molar-refractivity contribution < 1.29 is 43.8 Å². The third-order valence-electron chi connectivity index (χ3n) is 4.05. The van der Waals surface area contributed by atoms with Crippen LogP contribution in [0.5, 0.6) is 0 Å². The molecule has 0 aromatic carbocycles. The zero-order valence-electron chi connectivity index (χ0n) is 17.2. The number of nitrogens with two attached hydrogens (primary N) is 3. The van der Waals surface area contributed by atoms with Crippen molar-refractivity contribution in [1.82, 2.24) is 16.0 Å². The predicted molar refractivity (Wildman–Crippen MR) is 106 cm³/mol. The number of nitrogens with one attached hydrogen (secondary N) is 3. The molecule has 3 unspecified atom stereocenters. The zero-order chi connectivity index (χ0) is 24.8. The molecule has 3 atom stereocenters. The Kier molecular flexibility index (Phi) is 12.6. The van der Waals surface area contributed by atoms with Crippen molar-refractivity contribution in [2.45, 2.75) is 56.7 Å². The van der Waals surface area contributed by atoms with Gasteiger partial charge < -0.3 is 43.4 Å². The summed E-state index contributed by atoms with van der Waals surface area (Å²) in [6, 6.07) is -4.04. The molecule has 180 valence electrons. The Morgan fingerprint density at radius 1 is 0.719 bits per heavy atom. The fraction of sp³-hybridized carbons (Fsp3) is 0.588. The number of carboxylic acids is 2. The first-order chi connectivity index (χ1) is 14.8. The van der Waals surface area contributed by atoms with Gasteiger partial charge in [-0.1, -0.05) is 0 Å². The van der Waals surface area contributed by atoms with E-state index in [-0.39, 0.29) is 32.1 Å². The molecule has 0 aromatic heterocycles. The highest BCUT2D eigenvalue weighted by atomic mass is 16.4. The van der Waals surface area contributed by atoms with Gasteiger partial charge in [0.15, 0.2) is 0 Å². The summed E-state index contributed by atoms with van der Waals surface area (Å²) < 4.78 is 0. The van der Waals surface area contributed by atoms with E-state index in [1.54, 1.807) is 0 Å². The van der Waals surface area contributed by atoms with Crippen molar-refractivity contribution in [3.8, 4) is 0 Å². The molecule has 0 aliphatic heterocycles. The van der Waals surface area contributed by atoms with Crippen LogP contribution >= 0.6 is 0 Å². The molecule has 15 heteroatoms. The van der Waals surface area contributed by atoms with Gasteiger partial charge >= 0.3 is 11.9 Å². The number of amides is 5. The van der Waals surface area contributed by atoms with E-state index in [2.05, 4.69) is 16.0 Å². The summed E-state index contributed by atoms with van der Waals surface area (Å²) in [7, 11) is 0. The maximum atomic E-state index is 12.4. The van der Waals surface area contributed by atoms with Gasteiger partial charge in [0, 0.05) is 19.3 Å². The topological polar surface area (TPSA) is 274 Å². The van der Waals surface area contributed by atoms with Gasteiger partial charge in [0.2, 0.25) is 29.5 Å². The molecule has 0 heterocycles. The van der Waals surface area contributed by atoms with Crippen molar-refractivity contribution in [2.24, 2.45) is 17.2 Å². The van der Waals surface area contributed by atoms with Gasteiger partial charge in [-0.25, -0.2) is 4.79 Å². The lowest BCUT2D eigenvalue weighted by molar-refractivity contribution is -0.143. The first-order valence-electron chi connectivity index (χ1n) is 9.47. The molecule has 15 nitrogen and oxygen atoms in total. The van der Waals surface area contributed by atoms with Crippen LogP contribution in [-0.4, -0.2) is 76.4 Å². The van der Waals surface area contributed by atoms with Crippen LogP contribution in [0.1, 0.15) is 38.5 Å². The molecule has 0 radical (unpaired) electrons. The Bertz CT molecular complexity index is 742. The largest absolute Gasteiger partial charge is 0.481 e. The highest BCUT2D eigenvalue weighted by Crippen LogP contribution is 2.03. The third kappa shape index (κ3) is 12.7. The number of primary amides is 2. The molecule has 0 aromatic rings. The van der Waals surface area contributed by atoms with Crippen LogP contribution in [0.2, 0.25) is 0 Å². The van der Waals surface area contributed by atoms with Crippen molar-refractivity contribution in [2.75, 3.05) is 6.54 Å². The minimum Gasteiger partial charge on any atom is -0.481 e. The summed E-state index contributed by atoms with van der Waals surface area (Å²) >= 11 is 0. The van der Waals surface area contributed by atoms with Crippen molar-refractivity contribution in [3.63, 3.8) is 0 Å². The first kappa shape index (κ1) is 28.2. The molecular formula is C17H28N6O9. The van der Waals surface area contributed by atoms with Crippen molar-refractivity contribution in [3.05, 3.63) is 0 Å². The smallest absolute Gasteiger partial charge is 0.326 e. The number of hydrogen-bond donors (Lipinski definition) is 8. The molecule has 0 saturated carbocycles. The van der Waals surface area contributed by atoms with Crippen molar-refractivity contribution >= 4 is 41.5 Å². The molecule has 0 bridgehead atoms. The molecule has 0 rings (SSSR count). The highest BCUT2D eigenvalue weighted by molar-refractivity contribution is 5.93. The molecule has 0 saturated heterocycles. The number of rotatable bonds is 16. The van der Waals surface area contributed by atoms with Gasteiger partial charge in [-0.05, 0) is 19.3 Å². The van der Waals surface area contributed by atoms with E-state index in [1.807, 2.05) is 0 Å². The highest BCUT2D eigenvalue weighted by Gasteiger charge is 2.27. The maximum Gasteiger partial charge on any atom is 0.326 e. The van der Waals surface area contributed by atoms with E-state index in [9.17, 15) is 33.6 Å². The summed E-state index contributed by atoms with van der Waals surface area (Å²) in [5.74, 6) is -6.81. The summed E-state index contributed by atoms with van der Waals surface area (Å²) in [4.78, 5) is 79.9. The van der Waals surface area contributed by atoms with Crippen LogP contribution in [0.3, 0.4) is 0 Å². The molecule has 32 heavy (non-hydrogen) atoms. The summed E-state index contributed by atoms with van der Waals surface area (Å²) in [6.07, 6.45) is -1.73. The second kappa shape index (κ2) is 14.3. The number of carbonyl (C=O) groups excluding carboxylic acids is 5. The Morgan fingerprint density at radius 3 is 1.75 bits per heavy atom. The average Bonchev–Trinajstić information content (AvgIpc) is 2.69. The number of carbonyl (C=O) groups is 7. The van der Waals surface area contributed by atoms with Gasteiger partial charge in [-0.15, -0.1) is 0 Å². The van der Waals surface area contributed by atoms with Crippen LogP contribution in [-0.2, 0) is 33.6 Å². The van der Waals surface area contributed by atoms with Crippen LogP contribution in [0.4, 0.5) is 0 Å². The van der Waals surface area contributed by atoms with Crippen LogP contribution in [0.25, 0.3) is 0 Å². The molecular weight excluding hydrogens is 432 g/mol. The van der Waals surface area contributed by atoms with Gasteiger partial charge in [-0.3, -0.25) is 28.8 Å². The summed E-state index contributed by atoms with van der Waals surface area (Å²) in [5, 5.41) is 24.5. The normalized spacial score (nSPS) is 13.2. The Hall–Kier alpha value is -3.75. The molecule has 0 spiro atoms. The minimum atomic E-state index is -1.50. The van der Waals surface area contributed by atoms with E-state index in [1.165, 1.54) is 0 Å². The van der Waals surface area contributed by atoms with E-state index in [0.717, 1.165) is 0 Å². The fourth-order valence-corrected chi connectivity index (χ4v) is 2.33. The van der Waals surface area contributed by atoms with Crippen LogP contribution in [0, 0.1) is 0 Å². The van der Waals surface area contributed by atoms with Crippen LogP contribution < -0.4 is 33.2 Å². The number of aliphatic carboxylic acids is 2. The third-order valence-corrected chi connectivity index (χ3v) is 4.05. The number of carboxylic acid groups (broad SMARTS) is 2. The molecule has 0 aliphatic rings. The fourth-order valence-electron chi connectivity index (χ4n) is 2.33. The number of hydrogen-bond acceptors (Lipinski definition) is 8. The van der Waals surface area contributed by atoms with E-state index < -0.39 is 72.6 Å². The first-order valence-corrected chi connectivity index (χ1v) is 9.47. The van der Waals surface area contributed by atoms with E-state index in [0.29, 0.717) is 0 Å². The maximum absolute atomic E-state index is 12.4. The SMILES string of the molecule is NC(=O)CCC(N)C(=O)NCC(=O)NC(CCC(=O)O)C(=O)NC(CCC(N)=O)C(=O)O. The van der Waals surface area contributed by atoms with E-state index in [4.69, 9.17) is 27.4 Å². The lowest BCUT2D eigenvalue weighted by Crippen LogP contribution is -2.54. The molecule has 0 aliphatic carbocycles. The van der Waals surface area contributed by atoms with Gasteiger partial charge in [0.25, 0.3) is 0 Å². The second-order valence-electron chi connectivity index (χ2n) is 6.79. The van der Waals surface area contributed by atoms with Crippen molar-refractivity contribution in [1.29, 1.82) is 0 Å². The Morgan fingerprint density at radius 2 is 1.25 bits per heavy atom. The lowest BCUT2D eigenvalue weighted by atomic mass is 10.1. The second-order valence-corrected chi connectivity index (χ2v) is 6.79. The average molecular weight is 460 g/mol. The Labute approximate surface area is 182 Å². The quantitative estimate of drug-likeness (QED) is 0.110. The van der Waals surface area contributed by atoms with Crippen LogP contribution in [0.15, 0.2) is 0 Å². The monoisotopic (exact) mass is 460 g/mol. The minimum absolute atomic E-state index is 0.0473. The summed E-state index contributed by atoms with van der Waals surface area (Å²) in [6.45, 7) is -0.621. The zero-order valence-corrected chi connectivity index (χ0v) is 17.2. The van der Waals surface area contributed by atoms with Gasteiger partial charge in [0.1, 0.15) is 12.1 Å². The molecule has 11 N–H and O–H groups in total. The standard InChI is InChI=1S/C17H28N6O9/c18-8(1-4-11(19)24)15(29)21-7-13(26)22-9(3-6-14(27)28)16(30)23-10(17(31)32)2-5-12(20)25/h8-10H,1-7,18H2,(H2,19,24)(H2,20,25)(H,21,29)(H,22,26)(H,23,30)(H,27,28)(H,31,32). The van der Waals surface area contributed by atoms with Gasteiger partial charge in [0.05, 0.1) is 12.6 Å².